The summed E-state index contributed by atoms with van der Waals surface area (Å²) >= 11 is 0. The minimum absolute atomic E-state index is 0.0577. The second-order valence-electron chi connectivity index (χ2n) is 6.86. The third-order valence-corrected chi connectivity index (χ3v) is 4.90. The molecular weight excluding hydrogens is 354 g/mol. The molecule has 0 unspecified atom stereocenters. The number of nitrogens with zero attached hydrogens (tertiary/aromatic N) is 1. The topological polar surface area (TPSA) is 119 Å². The van der Waals surface area contributed by atoms with Crippen molar-refractivity contribution >= 4 is 11.5 Å². The van der Waals surface area contributed by atoms with E-state index in [9.17, 15) is 4.79 Å². The van der Waals surface area contributed by atoms with E-state index in [2.05, 4.69) is 39.7 Å². The van der Waals surface area contributed by atoms with Crippen molar-refractivity contribution in [3.63, 3.8) is 0 Å². The first kappa shape index (κ1) is 18.1. The highest BCUT2D eigenvalue weighted by molar-refractivity contribution is 5.75. The third-order valence-electron chi connectivity index (χ3n) is 4.90. The van der Waals surface area contributed by atoms with Crippen LogP contribution in [0.1, 0.15) is 31.2 Å². The summed E-state index contributed by atoms with van der Waals surface area (Å²) in [6.45, 7) is 2.40. The molecule has 1 aliphatic carbocycles. The van der Waals surface area contributed by atoms with Crippen molar-refractivity contribution in [2.75, 3.05) is 17.8 Å². The van der Waals surface area contributed by atoms with Crippen molar-refractivity contribution in [2.24, 2.45) is 5.84 Å². The number of nitrogens with two attached hydrogens (primary N) is 2. The molecule has 0 aliphatic heterocycles. The molecule has 0 radical (unpaired) electrons. The van der Waals surface area contributed by atoms with Crippen LogP contribution in [-0.4, -0.2) is 16.6 Å². The van der Waals surface area contributed by atoms with Gasteiger partial charge < -0.3 is 20.9 Å². The van der Waals surface area contributed by atoms with E-state index in [-0.39, 0.29) is 11.5 Å². The molecule has 0 amide bonds. The van der Waals surface area contributed by atoms with E-state index >= 15 is 0 Å². The first-order valence-electron chi connectivity index (χ1n) is 9.34. The lowest BCUT2D eigenvalue weighted by Gasteiger charge is -2.14. The molecule has 1 heterocycles. The van der Waals surface area contributed by atoms with Crippen molar-refractivity contribution in [1.82, 2.24) is 9.97 Å². The molecule has 4 rings (SSSR count). The Labute approximate surface area is 162 Å². The first-order valence-corrected chi connectivity index (χ1v) is 9.34. The van der Waals surface area contributed by atoms with E-state index in [1.54, 1.807) is 0 Å². The van der Waals surface area contributed by atoms with Gasteiger partial charge in [-0.2, -0.15) is 0 Å². The van der Waals surface area contributed by atoms with Gasteiger partial charge in [-0.3, -0.25) is 4.79 Å². The number of hydrogen-bond donors (Lipinski definition) is 4. The standard InChI is InChI=1S/C21H23N5O2/c1-2-28-17-11-15(14-5-3-4-13(10-14)12-6-7-12)8-9-16(17)19-24-20(26-23)18(22)21(27)25-19/h3-5,8-12H,2,6-7,22-23H2,1H3,(H2,24,25,26,27). The number of anilines is 2. The second kappa shape index (κ2) is 7.36. The monoisotopic (exact) mass is 377 g/mol. The van der Waals surface area contributed by atoms with E-state index in [0.717, 1.165) is 11.1 Å². The molecule has 144 valence electrons. The Morgan fingerprint density at radius 2 is 2.00 bits per heavy atom. The minimum Gasteiger partial charge on any atom is -0.493 e. The fourth-order valence-electron chi connectivity index (χ4n) is 3.28. The van der Waals surface area contributed by atoms with Crippen molar-refractivity contribution in [2.45, 2.75) is 25.7 Å². The normalized spacial score (nSPS) is 13.4. The summed E-state index contributed by atoms with van der Waals surface area (Å²) in [7, 11) is 0. The minimum atomic E-state index is -0.457. The summed E-state index contributed by atoms with van der Waals surface area (Å²) in [5.74, 6) is 7.22. The summed E-state index contributed by atoms with van der Waals surface area (Å²) in [6.07, 6.45) is 2.53. The number of nitrogen functional groups attached to an aromatic ring is 2. The quantitative estimate of drug-likeness (QED) is 0.387. The predicted molar refractivity (Wildman–Crippen MR) is 111 cm³/mol. The van der Waals surface area contributed by atoms with Crippen LogP contribution in [0.2, 0.25) is 0 Å². The molecule has 28 heavy (non-hydrogen) atoms. The van der Waals surface area contributed by atoms with Crippen molar-refractivity contribution in [3.8, 4) is 28.3 Å². The maximum Gasteiger partial charge on any atom is 0.276 e. The average molecular weight is 377 g/mol. The Morgan fingerprint density at radius 3 is 2.71 bits per heavy atom. The number of hydrazine groups is 1. The number of hydrogen-bond acceptors (Lipinski definition) is 6. The zero-order valence-corrected chi connectivity index (χ0v) is 15.7. The van der Waals surface area contributed by atoms with Gasteiger partial charge in [0.05, 0.1) is 12.2 Å². The fraction of sp³-hybridized carbons (Fsp3) is 0.238. The smallest absolute Gasteiger partial charge is 0.276 e. The number of ether oxygens (including phenoxy) is 1. The van der Waals surface area contributed by atoms with Crippen LogP contribution in [0.4, 0.5) is 11.5 Å². The molecule has 1 aliphatic rings. The zero-order valence-electron chi connectivity index (χ0n) is 15.7. The molecule has 0 bridgehead atoms. The molecule has 3 aromatic rings. The number of aromatic amines is 1. The molecule has 7 heteroatoms. The van der Waals surface area contributed by atoms with Crippen LogP contribution in [0.5, 0.6) is 5.75 Å². The molecule has 7 nitrogen and oxygen atoms in total. The Morgan fingerprint density at radius 1 is 1.21 bits per heavy atom. The highest BCUT2D eigenvalue weighted by atomic mass is 16.5. The van der Waals surface area contributed by atoms with Gasteiger partial charge in [-0.15, -0.1) is 0 Å². The maximum absolute atomic E-state index is 12.1. The number of nitrogens with one attached hydrogen (secondary N) is 2. The molecular formula is C21H23N5O2. The van der Waals surface area contributed by atoms with E-state index in [1.807, 2.05) is 25.1 Å². The number of rotatable bonds is 6. The number of benzene rings is 2. The van der Waals surface area contributed by atoms with Crippen LogP contribution in [0.15, 0.2) is 47.3 Å². The van der Waals surface area contributed by atoms with Crippen LogP contribution in [0.25, 0.3) is 22.5 Å². The van der Waals surface area contributed by atoms with Crippen LogP contribution in [0.3, 0.4) is 0 Å². The molecule has 0 atom stereocenters. The third kappa shape index (κ3) is 3.44. The van der Waals surface area contributed by atoms with E-state index in [4.69, 9.17) is 16.3 Å². The Hall–Kier alpha value is -3.32. The lowest BCUT2D eigenvalue weighted by Crippen LogP contribution is -2.20. The van der Waals surface area contributed by atoms with E-state index in [1.165, 1.54) is 18.4 Å². The number of H-pyrrole nitrogens is 1. The van der Waals surface area contributed by atoms with Gasteiger partial charge in [-0.05, 0) is 54.5 Å². The van der Waals surface area contributed by atoms with Gasteiger partial charge in [0.15, 0.2) is 5.82 Å². The molecule has 1 saturated carbocycles. The van der Waals surface area contributed by atoms with Crippen LogP contribution in [-0.2, 0) is 0 Å². The van der Waals surface area contributed by atoms with Gasteiger partial charge in [-0.25, -0.2) is 10.8 Å². The number of aromatic nitrogens is 2. The lowest BCUT2D eigenvalue weighted by molar-refractivity contribution is 0.341. The second-order valence-corrected chi connectivity index (χ2v) is 6.86. The predicted octanol–water partition coefficient (Wildman–Crippen LogP) is 3.25. The van der Waals surface area contributed by atoms with Crippen molar-refractivity contribution in [1.29, 1.82) is 0 Å². The van der Waals surface area contributed by atoms with Crippen LogP contribution < -0.4 is 27.3 Å². The SMILES string of the molecule is CCOc1cc(-c2cccc(C3CC3)c2)ccc1-c1nc(NN)c(N)c(=O)[nH]1. The molecule has 1 aromatic heterocycles. The van der Waals surface area contributed by atoms with Crippen LogP contribution >= 0.6 is 0 Å². The zero-order chi connectivity index (χ0) is 19.7. The molecule has 0 spiro atoms. The van der Waals surface area contributed by atoms with Gasteiger partial charge in [0.2, 0.25) is 0 Å². The summed E-state index contributed by atoms with van der Waals surface area (Å²) in [4.78, 5) is 19.1. The first-order chi connectivity index (χ1) is 13.6. The van der Waals surface area contributed by atoms with Gasteiger partial charge >= 0.3 is 0 Å². The molecule has 1 fully saturated rings. The largest absolute Gasteiger partial charge is 0.493 e. The Kier molecular flexibility index (Phi) is 4.75. The van der Waals surface area contributed by atoms with Crippen molar-refractivity contribution in [3.05, 3.63) is 58.4 Å². The van der Waals surface area contributed by atoms with Crippen LogP contribution in [0, 0.1) is 0 Å². The van der Waals surface area contributed by atoms with E-state index < -0.39 is 5.56 Å². The molecule has 6 N–H and O–H groups in total. The van der Waals surface area contributed by atoms with Crippen molar-refractivity contribution < 1.29 is 4.74 Å². The summed E-state index contributed by atoms with van der Waals surface area (Å²) in [5, 5.41) is 0. The Bertz CT molecular complexity index is 1070. The Balaban J connectivity index is 1.79. The fourth-order valence-corrected chi connectivity index (χ4v) is 3.28. The highest BCUT2D eigenvalue weighted by Gasteiger charge is 2.23. The van der Waals surface area contributed by atoms with Gasteiger partial charge in [0, 0.05) is 0 Å². The average Bonchev–Trinajstić information content (AvgIpc) is 3.56. The highest BCUT2D eigenvalue weighted by Crippen LogP contribution is 2.41. The summed E-state index contributed by atoms with van der Waals surface area (Å²) in [6, 6.07) is 14.5. The van der Waals surface area contributed by atoms with Gasteiger partial charge in [-0.1, -0.05) is 30.3 Å². The van der Waals surface area contributed by atoms with E-state index in [0.29, 0.717) is 29.7 Å². The maximum atomic E-state index is 12.1. The van der Waals surface area contributed by atoms with Gasteiger partial charge in [0.1, 0.15) is 17.3 Å². The molecule has 2 aromatic carbocycles. The summed E-state index contributed by atoms with van der Waals surface area (Å²) < 4.78 is 5.84. The molecule has 0 saturated heterocycles. The summed E-state index contributed by atoms with van der Waals surface area (Å²) in [5.41, 5.74) is 11.8. The lowest BCUT2D eigenvalue weighted by atomic mass is 9.99. The van der Waals surface area contributed by atoms with Gasteiger partial charge in [0.25, 0.3) is 5.56 Å².